The van der Waals surface area contributed by atoms with Gasteiger partial charge in [0.2, 0.25) is 0 Å². The monoisotopic (exact) mass is 772 g/mol. The van der Waals surface area contributed by atoms with E-state index >= 15 is 0 Å². The zero-order chi connectivity index (χ0) is 32.6. The van der Waals surface area contributed by atoms with Gasteiger partial charge in [0.05, 0.1) is 0 Å². The van der Waals surface area contributed by atoms with Gasteiger partial charge in [0.25, 0.3) is 0 Å². The number of fused-ring (bicyclic) bond motifs is 1. The number of unbranched alkanes of at least 4 members (excludes halogenated alkanes) is 2. The van der Waals surface area contributed by atoms with Crippen molar-refractivity contribution >= 4 is 51.8 Å². The van der Waals surface area contributed by atoms with Crippen LogP contribution in [0.2, 0.25) is 0 Å². The van der Waals surface area contributed by atoms with Gasteiger partial charge in [0.15, 0.2) is 0 Å². The molecule has 3 heterocycles. The predicted molar refractivity (Wildman–Crippen MR) is 207 cm³/mol. The molecule has 0 saturated heterocycles. The second-order valence-corrected chi connectivity index (χ2v) is 18.2. The van der Waals surface area contributed by atoms with Crippen LogP contribution in [-0.4, -0.2) is 37.8 Å². The van der Waals surface area contributed by atoms with Gasteiger partial charge in [0.1, 0.15) is 0 Å². The summed E-state index contributed by atoms with van der Waals surface area (Å²) in [6.07, 6.45) is 12.9. The SMILES string of the molecule is CCCCC(CC)Cc1ccc(-c2ccc(-c3ccc(-c4ccc(-c5ccc(CC(CC)CCCC)cc5)[se]4)c4nsnc34)[se]2)cc1. The fraction of sp³-hybridized carbons (Fsp3) is 0.381. The van der Waals surface area contributed by atoms with Crippen LogP contribution < -0.4 is 0 Å². The topological polar surface area (TPSA) is 25.8 Å². The van der Waals surface area contributed by atoms with E-state index in [1.165, 1.54) is 127 Å². The molecule has 0 amide bonds. The van der Waals surface area contributed by atoms with Gasteiger partial charge in [-0.1, -0.05) is 0 Å². The molecule has 0 saturated carbocycles. The Morgan fingerprint density at radius 2 is 0.915 bits per heavy atom. The van der Waals surface area contributed by atoms with Crippen LogP contribution in [0.1, 0.15) is 90.2 Å². The summed E-state index contributed by atoms with van der Waals surface area (Å²) in [6.45, 7) is 9.27. The van der Waals surface area contributed by atoms with Crippen LogP contribution >= 0.6 is 11.7 Å². The van der Waals surface area contributed by atoms with E-state index in [4.69, 9.17) is 8.75 Å². The number of aromatic nitrogens is 2. The van der Waals surface area contributed by atoms with Crippen molar-refractivity contribution in [3.8, 4) is 40.0 Å². The zero-order valence-corrected chi connectivity index (χ0v) is 32.7. The average molecular weight is 771 g/mol. The van der Waals surface area contributed by atoms with Crippen LogP contribution in [0.4, 0.5) is 0 Å². The van der Waals surface area contributed by atoms with Gasteiger partial charge in [-0.25, -0.2) is 0 Å². The maximum absolute atomic E-state index is 4.84. The van der Waals surface area contributed by atoms with Crippen molar-refractivity contribution in [2.24, 2.45) is 11.8 Å². The van der Waals surface area contributed by atoms with E-state index in [0.29, 0.717) is 0 Å². The molecule has 0 fully saturated rings. The van der Waals surface area contributed by atoms with E-state index in [9.17, 15) is 0 Å². The molecule has 3 aromatic heterocycles. The van der Waals surface area contributed by atoms with Gasteiger partial charge in [-0.3, -0.25) is 0 Å². The van der Waals surface area contributed by atoms with Gasteiger partial charge in [-0.2, -0.15) is 0 Å². The van der Waals surface area contributed by atoms with Crippen LogP contribution in [0.5, 0.6) is 0 Å². The first-order chi connectivity index (χ1) is 23.1. The van der Waals surface area contributed by atoms with E-state index in [-0.39, 0.29) is 29.0 Å². The molecule has 2 unspecified atom stereocenters. The third kappa shape index (κ3) is 8.38. The van der Waals surface area contributed by atoms with Crippen LogP contribution in [0.3, 0.4) is 0 Å². The third-order valence-electron chi connectivity index (χ3n) is 9.77. The fourth-order valence-electron chi connectivity index (χ4n) is 6.70. The van der Waals surface area contributed by atoms with Crippen LogP contribution in [0.25, 0.3) is 51.0 Å². The normalized spacial score (nSPS) is 12.9. The zero-order valence-electron chi connectivity index (χ0n) is 28.4. The molecule has 0 aliphatic rings. The molecule has 0 radical (unpaired) electrons. The first kappa shape index (κ1) is 34.3. The Balaban J connectivity index is 1.17. The summed E-state index contributed by atoms with van der Waals surface area (Å²) >= 11 is 1.84. The molecule has 0 aliphatic carbocycles. The quantitative estimate of drug-likeness (QED) is 0.0916. The van der Waals surface area contributed by atoms with Crippen LogP contribution in [-0.2, 0) is 12.8 Å². The Morgan fingerprint density at radius 3 is 1.30 bits per heavy atom. The van der Waals surface area contributed by atoms with E-state index in [0.717, 1.165) is 22.9 Å². The molecule has 244 valence electrons. The Kier molecular flexibility index (Phi) is 12.2. The molecule has 5 heteroatoms. The number of nitrogens with zero attached hydrogens (tertiary/aromatic N) is 2. The summed E-state index contributed by atoms with van der Waals surface area (Å²) in [5.74, 6) is 1.60. The van der Waals surface area contributed by atoms with Crippen molar-refractivity contribution in [3.63, 3.8) is 0 Å². The van der Waals surface area contributed by atoms with Crippen LogP contribution in [0, 0.1) is 11.8 Å². The molecule has 0 N–H and O–H groups in total. The summed E-state index contributed by atoms with van der Waals surface area (Å²) in [5.41, 5.74) is 10.3. The minimum absolute atomic E-state index is 0.247. The minimum atomic E-state index is 0.247. The summed E-state index contributed by atoms with van der Waals surface area (Å²) in [4.78, 5) is 0. The Bertz CT molecular complexity index is 1710. The second-order valence-electron chi connectivity index (χ2n) is 13.1. The van der Waals surface area contributed by atoms with Crippen molar-refractivity contribution in [3.05, 3.63) is 96.1 Å². The van der Waals surface area contributed by atoms with Gasteiger partial charge < -0.3 is 0 Å². The first-order valence-electron chi connectivity index (χ1n) is 17.7. The summed E-state index contributed by atoms with van der Waals surface area (Å²) in [6, 6.07) is 32.7. The molecule has 6 rings (SSSR count). The van der Waals surface area contributed by atoms with E-state index in [2.05, 4.69) is 113 Å². The van der Waals surface area contributed by atoms with Crippen molar-refractivity contribution < 1.29 is 0 Å². The number of hydrogen-bond donors (Lipinski definition) is 0. The summed E-state index contributed by atoms with van der Waals surface area (Å²) in [5, 5.41) is 0. The molecular formula is C42H48N2SSe2. The van der Waals surface area contributed by atoms with Crippen molar-refractivity contribution in [2.45, 2.75) is 91.9 Å². The Hall–Kier alpha value is -2.52. The molecule has 3 aromatic carbocycles. The van der Waals surface area contributed by atoms with Crippen molar-refractivity contribution in [2.75, 3.05) is 0 Å². The summed E-state index contributed by atoms with van der Waals surface area (Å²) in [7, 11) is 0. The van der Waals surface area contributed by atoms with Gasteiger partial charge >= 0.3 is 300 Å². The molecule has 47 heavy (non-hydrogen) atoms. The average Bonchev–Trinajstić information content (AvgIpc) is 3.91. The van der Waals surface area contributed by atoms with Gasteiger partial charge in [-0.05, 0) is 0 Å². The molecule has 0 bridgehead atoms. The Morgan fingerprint density at radius 1 is 0.511 bits per heavy atom. The van der Waals surface area contributed by atoms with E-state index in [1.807, 2.05) is 0 Å². The number of hydrogen-bond acceptors (Lipinski definition) is 3. The second kappa shape index (κ2) is 16.7. The maximum atomic E-state index is 4.84. The molecule has 6 aromatic rings. The van der Waals surface area contributed by atoms with Gasteiger partial charge in [-0.15, -0.1) is 0 Å². The predicted octanol–water partition coefficient (Wildman–Crippen LogP) is 12.0. The first-order valence-corrected chi connectivity index (χ1v) is 21.9. The summed E-state index contributed by atoms with van der Waals surface area (Å²) < 4.78 is 15.4. The fourth-order valence-corrected chi connectivity index (χ4v) is 11.6. The molecule has 2 atom stereocenters. The molecule has 0 spiro atoms. The number of benzene rings is 3. The van der Waals surface area contributed by atoms with E-state index < -0.39 is 0 Å². The van der Waals surface area contributed by atoms with Gasteiger partial charge in [0, 0.05) is 0 Å². The standard InChI is InChI=1S/C42H48N2SSe2/c1-5-9-11-29(7-3)27-31-13-17-33(18-14-31)37-23-25-39(46-37)35-21-22-36(42-41(35)43-45-44-42)40-26-24-38(47-40)34-19-15-32(16-20-34)28-30(8-4)12-10-6-2/h13-26,29-30H,5-12,27-28H2,1-4H3. The van der Waals surface area contributed by atoms with Crippen LogP contribution in [0.15, 0.2) is 84.9 Å². The molecule has 0 aliphatic heterocycles. The molecular weight excluding hydrogens is 722 g/mol. The van der Waals surface area contributed by atoms with Crippen molar-refractivity contribution in [1.82, 2.24) is 8.75 Å². The van der Waals surface area contributed by atoms with Crippen molar-refractivity contribution in [1.29, 1.82) is 0 Å². The third-order valence-corrected chi connectivity index (χ3v) is 15.2. The molecule has 2 nitrogen and oxygen atoms in total. The number of rotatable bonds is 16. The Labute approximate surface area is 298 Å². The van der Waals surface area contributed by atoms with E-state index in [1.54, 1.807) is 0 Å².